The van der Waals surface area contributed by atoms with Gasteiger partial charge in [0.1, 0.15) is 0 Å². The monoisotopic (exact) mass is 293 g/mol. The minimum atomic E-state index is 0.450. The smallest absolute Gasteiger partial charge is 0.0248 e. The Morgan fingerprint density at radius 3 is 2.91 bits per heavy atom. The third kappa shape index (κ3) is 4.28. The number of hydrogen-bond donors (Lipinski definition) is 1. The predicted octanol–water partition coefficient (Wildman–Crippen LogP) is 5.36. The Morgan fingerprint density at radius 1 is 1.36 bits per heavy atom. The standard InChI is InChI=1S/C21H27N/c1-5-6-7-8-10-19-11-9-12-20(15-19)17(3)21-14-13-16(2)22-18(21)4/h9,11-12,15,17,21-22H,2,4-7,13-14H2,1,3H3/t17-,21?/m0/s1. The summed E-state index contributed by atoms with van der Waals surface area (Å²) in [5.41, 5.74) is 4.66. The van der Waals surface area contributed by atoms with Gasteiger partial charge in [-0.3, -0.25) is 0 Å². The van der Waals surface area contributed by atoms with Crippen LogP contribution in [0, 0.1) is 17.8 Å². The summed E-state index contributed by atoms with van der Waals surface area (Å²) in [4.78, 5) is 0. The van der Waals surface area contributed by atoms with Gasteiger partial charge in [0.2, 0.25) is 0 Å². The van der Waals surface area contributed by atoms with E-state index in [1.807, 2.05) is 0 Å². The van der Waals surface area contributed by atoms with E-state index in [2.05, 4.69) is 68.4 Å². The van der Waals surface area contributed by atoms with Gasteiger partial charge < -0.3 is 5.32 Å². The van der Waals surface area contributed by atoms with Gasteiger partial charge in [-0.1, -0.05) is 57.4 Å². The molecule has 1 saturated heterocycles. The minimum Gasteiger partial charge on any atom is -0.363 e. The summed E-state index contributed by atoms with van der Waals surface area (Å²) < 4.78 is 0. The number of allylic oxidation sites excluding steroid dienone is 2. The summed E-state index contributed by atoms with van der Waals surface area (Å²) >= 11 is 0. The number of nitrogens with one attached hydrogen (secondary N) is 1. The van der Waals surface area contributed by atoms with Crippen molar-refractivity contribution in [1.29, 1.82) is 0 Å². The molecule has 2 atom stereocenters. The van der Waals surface area contributed by atoms with Crippen molar-refractivity contribution in [3.63, 3.8) is 0 Å². The van der Waals surface area contributed by atoms with E-state index in [1.54, 1.807) is 0 Å². The normalized spacial score (nSPS) is 19.1. The lowest BCUT2D eigenvalue weighted by Crippen LogP contribution is -2.28. The summed E-state index contributed by atoms with van der Waals surface area (Å²) in [5, 5.41) is 3.33. The minimum absolute atomic E-state index is 0.450. The molecule has 0 radical (unpaired) electrons. The molecule has 1 heteroatoms. The first-order chi connectivity index (χ1) is 10.6. The van der Waals surface area contributed by atoms with Gasteiger partial charge in [-0.05, 0) is 42.9 Å². The third-order valence-electron chi connectivity index (χ3n) is 4.45. The van der Waals surface area contributed by atoms with Crippen LogP contribution in [0.3, 0.4) is 0 Å². The van der Waals surface area contributed by atoms with Gasteiger partial charge in [-0.2, -0.15) is 0 Å². The molecule has 0 spiro atoms. The average Bonchev–Trinajstić information content (AvgIpc) is 2.51. The summed E-state index contributed by atoms with van der Waals surface area (Å²) in [5.74, 6) is 7.48. The highest BCUT2D eigenvalue weighted by atomic mass is 14.9. The first kappa shape index (κ1) is 16.4. The van der Waals surface area contributed by atoms with E-state index in [4.69, 9.17) is 0 Å². The van der Waals surface area contributed by atoms with Gasteiger partial charge in [0.25, 0.3) is 0 Å². The van der Waals surface area contributed by atoms with Crippen LogP contribution in [0.4, 0.5) is 0 Å². The highest BCUT2D eigenvalue weighted by Gasteiger charge is 2.25. The van der Waals surface area contributed by atoms with Crippen molar-refractivity contribution < 1.29 is 0 Å². The van der Waals surface area contributed by atoms with Crippen LogP contribution in [-0.2, 0) is 0 Å². The molecule has 1 aromatic carbocycles. The van der Waals surface area contributed by atoms with E-state index in [1.165, 1.54) is 18.4 Å². The molecule has 2 rings (SSSR count). The average molecular weight is 293 g/mol. The van der Waals surface area contributed by atoms with Crippen LogP contribution in [0.5, 0.6) is 0 Å². The second kappa shape index (κ2) is 7.90. The zero-order valence-corrected chi connectivity index (χ0v) is 13.9. The molecule has 0 saturated carbocycles. The maximum Gasteiger partial charge on any atom is 0.0248 e. The molecule has 0 aromatic heterocycles. The van der Waals surface area contributed by atoms with E-state index in [9.17, 15) is 0 Å². The largest absolute Gasteiger partial charge is 0.363 e. The van der Waals surface area contributed by atoms with Crippen molar-refractivity contribution in [2.24, 2.45) is 5.92 Å². The van der Waals surface area contributed by atoms with Gasteiger partial charge in [0, 0.05) is 29.3 Å². The lowest BCUT2D eigenvalue weighted by atomic mass is 9.80. The van der Waals surface area contributed by atoms with Gasteiger partial charge in [0.05, 0.1) is 0 Å². The SMILES string of the molecule is C=C1CCC([C@@H](C)c2cccc(C#CCCCC)c2)C(=C)N1. The maximum absolute atomic E-state index is 4.19. The van der Waals surface area contributed by atoms with Crippen molar-refractivity contribution in [2.75, 3.05) is 0 Å². The van der Waals surface area contributed by atoms with E-state index < -0.39 is 0 Å². The topological polar surface area (TPSA) is 12.0 Å². The van der Waals surface area contributed by atoms with Crippen LogP contribution in [0.1, 0.15) is 63.0 Å². The van der Waals surface area contributed by atoms with Crippen molar-refractivity contribution in [2.45, 2.75) is 51.9 Å². The Kier molecular flexibility index (Phi) is 5.90. The maximum atomic E-state index is 4.19. The van der Waals surface area contributed by atoms with Crippen molar-refractivity contribution in [3.8, 4) is 11.8 Å². The van der Waals surface area contributed by atoms with Crippen molar-refractivity contribution in [1.82, 2.24) is 5.32 Å². The fraction of sp³-hybridized carbons (Fsp3) is 0.429. The number of hydrogen-bond acceptors (Lipinski definition) is 1. The van der Waals surface area contributed by atoms with E-state index >= 15 is 0 Å². The Labute approximate surface area is 135 Å². The first-order valence-corrected chi connectivity index (χ1v) is 8.34. The first-order valence-electron chi connectivity index (χ1n) is 8.34. The van der Waals surface area contributed by atoms with Crippen LogP contribution in [-0.4, -0.2) is 0 Å². The molecule has 1 unspecified atom stereocenters. The molecule has 22 heavy (non-hydrogen) atoms. The second-order valence-corrected chi connectivity index (χ2v) is 6.22. The highest BCUT2D eigenvalue weighted by Crippen LogP contribution is 2.35. The zero-order chi connectivity index (χ0) is 15.9. The molecule has 1 aliphatic heterocycles. The fourth-order valence-electron chi connectivity index (χ4n) is 3.00. The molecule has 1 aliphatic rings. The predicted molar refractivity (Wildman–Crippen MR) is 95.4 cm³/mol. The fourth-order valence-corrected chi connectivity index (χ4v) is 3.00. The van der Waals surface area contributed by atoms with Crippen LogP contribution in [0.2, 0.25) is 0 Å². The number of piperidine rings is 1. The van der Waals surface area contributed by atoms with E-state index in [-0.39, 0.29) is 0 Å². The van der Waals surface area contributed by atoms with Crippen molar-refractivity contribution >= 4 is 0 Å². The third-order valence-corrected chi connectivity index (χ3v) is 4.45. The van der Waals surface area contributed by atoms with Gasteiger partial charge >= 0.3 is 0 Å². The number of benzene rings is 1. The molecule has 1 aromatic rings. The molecule has 1 nitrogen and oxygen atoms in total. The van der Waals surface area contributed by atoms with Crippen molar-refractivity contribution in [3.05, 3.63) is 59.9 Å². The Bertz CT molecular complexity index is 600. The number of rotatable bonds is 4. The summed E-state index contributed by atoms with van der Waals surface area (Å²) in [6.07, 6.45) is 5.53. The van der Waals surface area contributed by atoms with E-state index in [0.717, 1.165) is 36.2 Å². The molecule has 0 amide bonds. The molecule has 1 fully saturated rings. The Balaban J connectivity index is 2.09. The molecular formula is C21H27N. The van der Waals surface area contributed by atoms with Gasteiger partial charge in [0.15, 0.2) is 0 Å². The van der Waals surface area contributed by atoms with Crippen LogP contribution >= 0.6 is 0 Å². The number of unbranched alkanes of at least 4 members (excludes halogenated alkanes) is 2. The molecule has 0 bridgehead atoms. The Hall–Kier alpha value is -1.94. The van der Waals surface area contributed by atoms with Gasteiger partial charge in [-0.15, -0.1) is 0 Å². The Morgan fingerprint density at radius 2 is 2.18 bits per heavy atom. The summed E-state index contributed by atoms with van der Waals surface area (Å²) in [7, 11) is 0. The quantitative estimate of drug-likeness (QED) is 0.582. The molecular weight excluding hydrogens is 266 g/mol. The van der Waals surface area contributed by atoms with Gasteiger partial charge in [-0.25, -0.2) is 0 Å². The van der Waals surface area contributed by atoms with E-state index in [0.29, 0.717) is 11.8 Å². The lowest BCUT2D eigenvalue weighted by Gasteiger charge is -2.32. The van der Waals surface area contributed by atoms with Crippen LogP contribution < -0.4 is 5.32 Å². The molecule has 116 valence electrons. The highest BCUT2D eigenvalue weighted by molar-refractivity contribution is 5.39. The second-order valence-electron chi connectivity index (χ2n) is 6.22. The lowest BCUT2D eigenvalue weighted by molar-refractivity contribution is 0.424. The van der Waals surface area contributed by atoms with Crippen LogP contribution in [0.25, 0.3) is 0 Å². The molecule has 1 N–H and O–H groups in total. The van der Waals surface area contributed by atoms with Crippen LogP contribution in [0.15, 0.2) is 48.8 Å². The molecule has 1 heterocycles. The summed E-state index contributed by atoms with van der Waals surface area (Å²) in [6, 6.07) is 8.66. The summed E-state index contributed by atoms with van der Waals surface area (Å²) in [6.45, 7) is 12.7. The molecule has 0 aliphatic carbocycles. The zero-order valence-electron chi connectivity index (χ0n) is 13.9.